The highest BCUT2D eigenvalue weighted by Gasteiger charge is 2.45. The molecule has 0 radical (unpaired) electrons. The van der Waals surface area contributed by atoms with Crippen LogP contribution in [0.3, 0.4) is 0 Å². The second-order valence-corrected chi connectivity index (χ2v) is 7.40. The number of carbonyl (C=O) groups is 3. The molecule has 0 aromatic carbocycles. The zero-order chi connectivity index (χ0) is 22.4. The van der Waals surface area contributed by atoms with Crippen LogP contribution in [0.4, 0.5) is 0 Å². The maximum Gasteiger partial charge on any atom is 0.334 e. The Balaban J connectivity index is 2.46. The number of hydrogen-bond acceptors (Lipinski definition) is 8. The van der Waals surface area contributed by atoms with Gasteiger partial charge in [0, 0.05) is 30.9 Å². The number of fused-ring (bicyclic) bond motifs is 1. The molecule has 4 unspecified atom stereocenters. The summed E-state index contributed by atoms with van der Waals surface area (Å²) in [5, 5.41) is 18.8. The molecule has 0 aromatic heterocycles. The van der Waals surface area contributed by atoms with Gasteiger partial charge in [-0.15, -0.1) is 0 Å². The van der Waals surface area contributed by atoms with E-state index in [1.54, 1.807) is 19.1 Å². The Morgan fingerprint density at radius 3 is 2.60 bits per heavy atom. The van der Waals surface area contributed by atoms with E-state index in [0.717, 1.165) is 0 Å². The van der Waals surface area contributed by atoms with Crippen molar-refractivity contribution in [2.75, 3.05) is 13.2 Å². The van der Waals surface area contributed by atoms with Gasteiger partial charge in [0.15, 0.2) is 0 Å². The molecule has 1 heterocycles. The van der Waals surface area contributed by atoms with E-state index < -0.39 is 42.1 Å². The predicted molar refractivity (Wildman–Crippen MR) is 107 cm³/mol. The topological polar surface area (TPSA) is 119 Å². The number of ether oxygens (including phenoxy) is 3. The summed E-state index contributed by atoms with van der Waals surface area (Å²) >= 11 is 0. The van der Waals surface area contributed by atoms with Gasteiger partial charge in [0.1, 0.15) is 18.3 Å². The van der Waals surface area contributed by atoms with E-state index in [2.05, 4.69) is 6.58 Å². The minimum atomic E-state index is -0.823. The second-order valence-electron chi connectivity index (χ2n) is 7.40. The summed E-state index contributed by atoms with van der Waals surface area (Å²) < 4.78 is 16.5. The highest BCUT2D eigenvalue weighted by Crippen LogP contribution is 2.36. The fraction of sp³-hybridized carbons (Fsp3) is 0.500. The van der Waals surface area contributed by atoms with Gasteiger partial charge in [0.05, 0.1) is 19.1 Å². The molecule has 0 spiro atoms. The van der Waals surface area contributed by atoms with Crippen molar-refractivity contribution in [2.24, 2.45) is 5.92 Å². The maximum absolute atomic E-state index is 12.5. The molecule has 1 aliphatic carbocycles. The summed E-state index contributed by atoms with van der Waals surface area (Å²) in [4.78, 5) is 36.2. The molecule has 2 N–H and O–H groups in total. The van der Waals surface area contributed by atoms with Crippen LogP contribution in [0.25, 0.3) is 0 Å². The van der Waals surface area contributed by atoms with Gasteiger partial charge in [-0.05, 0) is 37.1 Å². The Morgan fingerprint density at radius 2 is 2.00 bits per heavy atom. The monoisotopic (exact) mass is 420 g/mol. The summed E-state index contributed by atoms with van der Waals surface area (Å²) in [6, 6.07) is 0. The van der Waals surface area contributed by atoms with Gasteiger partial charge in [0.25, 0.3) is 0 Å². The van der Waals surface area contributed by atoms with Gasteiger partial charge in [-0.2, -0.15) is 0 Å². The van der Waals surface area contributed by atoms with Crippen molar-refractivity contribution in [1.29, 1.82) is 0 Å². The fourth-order valence-electron chi connectivity index (χ4n) is 3.51. The number of aliphatic hydroxyl groups excluding tert-OH is 2. The average Bonchev–Trinajstić information content (AvgIpc) is 2.95. The molecular formula is C22H28O8. The third kappa shape index (κ3) is 5.67. The summed E-state index contributed by atoms with van der Waals surface area (Å²) in [5.41, 5.74) is 1.61. The lowest BCUT2D eigenvalue weighted by molar-refractivity contribution is -0.148. The van der Waals surface area contributed by atoms with Gasteiger partial charge < -0.3 is 24.4 Å². The lowest BCUT2D eigenvalue weighted by Crippen LogP contribution is -2.34. The summed E-state index contributed by atoms with van der Waals surface area (Å²) in [6.45, 7) is 7.77. The van der Waals surface area contributed by atoms with Crippen molar-refractivity contribution in [3.63, 3.8) is 0 Å². The van der Waals surface area contributed by atoms with Crippen molar-refractivity contribution in [3.8, 4) is 0 Å². The number of esters is 3. The van der Waals surface area contributed by atoms with Gasteiger partial charge in [-0.3, -0.25) is 4.79 Å². The number of hydrogen-bond donors (Lipinski definition) is 2. The molecule has 0 amide bonds. The Kier molecular flexibility index (Phi) is 8.14. The first-order chi connectivity index (χ1) is 14.2. The molecule has 8 nitrogen and oxygen atoms in total. The Morgan fingerprint density at radius 1 is 1.30 bits per heavy atom. The lowest BCUT2D eigenvalue weighted by atomic mass is 9.85. The first-order valence-electron chi connectivity index (χ1n) is 9.70. The largest absolute Gasteiger partial charge is 0.458 e. The molecular weight excluding hydrogens is 392 g/mol. The average molecular weight is 420 g/mol. The summed E-state index contributed by atoms with van der Waals surface area (Å²) in [5.74, 6) is -2.38. The van der Waals surface area contributed by atoms with E-state index in [-0.39, 0.29) is 30.8 Å². The van der Waals surface area contributed by atoms with Gasteiger partial charge >= 0.3 is 17.9 Å². The van der Waals surface area contributed by atoms with Crippen LogP contribution in [0.15, 0.2) is 47.1 Å². The van der Waals surface area contributed by atoms with E-state index in [1.807, 2.05) is 0 Å². The predicted octanol–water partition coefficient (Wildman–Crippen LogP) is 1.53. The van der Waals surface area contributed by atoms with Crippen LogP contribution < -0.4 is 0 Å². The molecule has 164 valence electrons. The molecule has 30 heavy (non-hydrogen) atoms. The molecule has 1 fully saturated rings. The van der Waals surface area contributed by atoms with Crippen LogP contribution in [0, 0.1) is 5.92 Å². The van der Waals surface area contributed by atoms with Crippen LogP contribution in [0.2, 0.25) is 0 Å². The van der Waals surface area contributed by atoms with Crippen LogP contribution in [0.1, 0.15) is 33.6 Å². The van der Waals surface area contributed by atoms with Crippen LogP contribution in [-0.4, -0.2) is 59.6 Å². The highest BCUT2D eigenvalue weighted by atomic mass is 16.6. The molecule has 0 bridgehead atoms. The zero-order valence-electron chi connectivity index (χ0n) is 17.4. The smallest absolute Gasteiger partial charge is 0.334 e. The normalized spacial score (nSPS) is 27.4. The number of rotatable bonds is 5. The SMILES string of the molecule is C=C1C(=O)OC2C=C(C)C(OC(C)=O)CC=C(CO)CC(OC(=O)C(C)=CCO)C12. The maximum atomic E-state index is 12.5. The van der Waals surface area contributed by atoms with E-state index in [9.17, 15) is 19.5 Å². The third-order valence-electron chi connectivity index (χ3n) is 5.17. The van der Waals surface area contributed by atoms with Gasteiger partial charge in [-0.25, -0.2) is 9.59 Å². The van der Waals surface area contributed by atoms with Crippen molar-refractivity contribution in [3.05, 3.63) is 47.1 Å². The van der Waals surface area contributed by atoms with Crippen molar-refractivity contribution >= 4 is 17.9 Å². The van der Waals surface area contributed by atoms with Crippen LogP contribution in [-0.2, 0) is 28.6 Å². The molecule has 0 aromatic rings. The van der Waals surface area contributed by atoms with Crippen molar-refractivity contribution in [2.45, 2.75) is 51.9 Å². The standard InChI is InChI=1S/C22H28O8/c1-12(7-8-23)21(26)29-19-10-16(11-24)5-6-17(28-15(4)25)13(2)9-18-20(19)14(3)22(27)30-18/h5,7,9,17-20,23-24H,3,6,8,10-11H2,1-2,4H3. The summed E-state index contributed by atoms with van der Waals surface area (Å²) in [7, 11) is 0. The Labute approximate surface area is 175 Å². The highest BCUT2D eigenvalue weighted by molar-refractivity contribution is 5.92. The minimum Gasteiger partial charge on any atom is -0.458 e. The second kappa shape index (κ2) is 10.4. The molecule has 0 saturated carbocycles. The van der Waals surface area contributed by atoms with E-state index in [1.165, 1.54) is 19.9 Å². The van der Waals surface area contributed by atoms with Gasteiger partial charge in [-0.1, -0.05) is 12.7 Å². The number of aliphatic hydroxyl groups is 2. The Hall–Kier alpha value is -2.71. The van der Waals surface area contributed by atoms with Crippen LogP contribution in [0.5, 0.6) is 0 Å². The zero-order valence-corrected chi connectivity index (χ0v) is 17.4. The third-order valence-corrected chi connectivity index (χ3v) is 5.17. The number of carbonyl (C=O) groups excluding carboxylic acids is 3. The lowest BCUT2D eigenvalue weighted by Gasteiger charge is -2.29. The first-order valence-corrected chi connectivity index (χ1v) is 9.70. The van der Waals surface area contributed by atoms with Crippen LogP contribution >= 0.6 is 0 Å². The minimum absolute atomic E-state index is 0.144. The first kappa shape index (κ1) is 23.6. The molecule has 8 heteroatoms. The van der Waals surface area contributed by atoms with E-state index in [4.69, 9.17) is 19.3 Å². The Bertz CT molecular complexity index is 804. The molecule has 4 atom stereocenters. The quantitative estimate of drug-likeness (QED) is 0.297. The van der Waals surface area contributed by atoms with Crippen molar-refractivity contribution in [1.82, 2.24) is 0 Å². The molecule has 1 aliphatic heterocycles. The fourth-order valence-corrected chi connectivity index (χ4v) is 3.51. The summed E-state index contributed by atoms with van der Waals surface area (Å²) in [6.07, 6.45) is 3.04. The van der Waals surface area contributed by atoms with E-state index in [0.29, 0.717) is 17.6 Å². The molecule has 2 aliphatic rings. The van der Waals surface area contributed by atoms with E-state index >= 15 is 0 Å². The van der Waals surface area contributed by atoms with Crippen molar-refractivity contribution < 1.29 is 38.8 Å². The molecule has 2 rings (SSSR count). The molecule has 1 saturated heterocycles. The van der Waals surface area contributed by atoms with Gasteiger partial charge in [0.2, 0.25) is 0 Å².